The van der Waals surface area contributed by atoms with Crippen LogP contribution in [0.2, 0.25) is 0 Å². The normalized spacial score (nSPS) is 15.0. The highest BCUT2D eigenvalue weighted by Gasteiger charge is 2.36. The van der Waals surface area contributed by atoms with E-state index >= 15 is 0 Å². The highest BCUT2D eigenvalue weighted by Crippen LogP contribution is 2.38. The summed E-state index contributed by atoms with van der Waals surface area (Å²) in [5.41, 5.74) is 7.59. The van der Waals surface area contributed by atoms with E-state index in [0.29, 0.717) is 5.92 Å². The predicted molar refractivity (Wildman–Crippen MR) is 185 cm³/mol. The van der Waals surface area contributed by atoms with Gasteiger partial charge in [0.15, 0.2) is 0 Å². The Morgan fingerprint density at radius 1 is 0.690 bits per heavy atom. The Morgan fingerprint density at radius 3 is 1.62 bits per heavy atom. The fourth-order valence-electron chi connectivity index (χ4n) is 6.09. The topological polar surface area (TPSA) is 35.2 Å². The molecule has 228 valence electrons. The van der Waals surface area contributed by atoms with Crippen LogP contribution in [0.1, 0.15) is 74.8 Å². The lowest BCUT2D eigenvalue weighted by atomic mass is 9.86. The SMILES string of the molecule is Cc1ccc(-c2nc(C(C(C)C)N3CCN(C(c4ccccc4)c4ccccc4)CC3)c(C(C)(C)C)[nH]2)cc1.Cl.Cl.Cl. The number of hydrogen-bond donors (Lipinski definition) is 1. The maximum Gasteiger partial charge on any atom is 0.137 e. The molecule has 1 saturated heterocycles. The molecule has 0 bridgehead atoms. The molecule has 1 atom stereocenters. The second kappa shape index (κ2) is 15.4. The number of imidazole rings is 1. The number of H-pyrrole nitrogens is 1. The number of rotatable bonds is 7. The molecule has 7 heteroatoms. The van der Waals surface area contributed by atoms with E-state index in [-0.39, 0.29) is 54.7 Å². The van der Waals surface area contributed by atoms with Crippen molar-refractivity contribution in [2.45, 2.75) is 59.0 Å². The minimum Gasteiger partial charge on any atom is -0.341 e. The van der Waals surface area contributed by atoms with E-state index in [1.807, 2.05) is 0 Å². The van der Waals surface area contributed by atoms with E-state index in [9.17, 15) is 0 Å². The van der Waals surface area contributed by atoms with Gasteiger partial charge in [-0.05, 0) is 24.0 Å². The van der Waals surface area contributed by atoms with Crippen molar-refractivity contribution in [2.75, 3.05) is 26.2 Å². The smallest absolute Gasteiger partial charge is 0.137 e. The molecular weight excluding hydrogens is 583 g/mol. The molecule has 0 spiro atoms. The summed E-state index contributed by atoms with van der Waals surface area (Å²) in [6.07, 6.45) is 0. The van der Waals surface area contributed by atoms with E-state index in [4.69, 9.17) is 4.98 Å². The molecule has 1 N–H and O–H groups in total. The summed E-state index contributed by atoms with van der Waals surface area (Å²) in [5.74, 6) is 1.43. The van der Waals surface area contributed by atoms with Gasteiger partial charge in [-0.25, -0.2) is 4.98 Å². The van der Waals surface area contributed by atoms with Crippen LogP contribution in [0.3, 0.4) is 0 Å². The summed E-state index contributed by atoms with van der Waals surface area (Å²) < 4.78 is 0. The Hall–Kier alpha value is -2.34. The van der Waals surface area contributed by atoms with Crippen LogP contribution in [0.5, 0.6) is 0 Å². The van der Waals surface area contributed by atoms with E-state index < -0.39 is 0 Å². The van der Waals surface area contributed by atoms with Gasteiger partial charge in [-0.2, -0.15) is 0 Å². The minimum absolute atomic E-state index is 0. The van der Waals surface area contributed by atoms with Crippen molar-refractivity contribution in [1.82, 2.24) is 19.8 Å². The molecular formula is C35H47Cl3N4. The molecule has 4 nitrogen and oxygen atoms in total. The fourth-order valence-corrected chi connectivity index (χ4v) is 6.09. The highest BCUT2D eigenvalue weighted by molar-refractivity contribution is 5.86. The molecule has 2 heterocycles. The van der Waals surface area contributed by atoms with Crippen LogP contribution in [-0.2, 0) is 5.41 Å². The summed E-state index contributed by atoms with van der Waals surface area (Å²) in [7, 11) is 0. The monoisotopic (exact) mass is 628 g/mol. The third-order valence-corrected chi connectivity index (χ3v) is 8.06. The quantitative estimate of drug-likeness (QED) is 0.222. The van der Waals surface area contributed by atoms with E-state index in [1.54, 1.807) is 0 Å². The van der Waals surface area contributed by atoms with Crippen molar-refractivity contribution in [3.05, 3.63) is 113 Å². The summed E-state index contributed by atoms with van der Waals surface area (Å²) >= 11 is 0. The lowest BCUT2D eigenvalue weighted by Crippen LogP contribution is -2.50. The molecule has 0 amide bonds. The molecule has 1 aliphatic rings. The Morgan fingerprint density at radius 2 is 1.17 bits per heavy atom. The number of nitrogens with zero attached hydrogens (tertiary/aromatic N) is 3. The number of hydrogen-bond acceptors (Lipinski definition) is 3. The zero-order valence-electron chi connectivity index (χ0n) is 25.7. The van der Waals surface area contributed by atoms with Gasteiger partial charge in [0, 0.05) is 42.9 Å². The van der Waals surface area contributed by atoms with E-state index in [2.05, 4.69) is 141 Å². The number of nitrogens with one attached hydrogen (secondary N) is 1. The summed E-state index contributed by atoms with van der Waals surface area (Å²) in [6, 6.07) is 31.2. The van der Waals surface area contributed by atoms with Crippen LogP contribution < -0.4 is 0 Å². The van der Waals surface area contributed by atoms with Crippen LogP contribution in [0.25, 0.3) is 11.4 Å². The highest BCUT2D eigenvalue weighted by atomic mass is 35.5. The average Bonchev–Trinajstić information content (AvgIpc) is 3.37. The molecule has 4 aromatic rings. The van der Waals surface area contributed by atoms with Gasteiger partial charge in [-0.15, -0.1) is 37.2 Å². The Balaban J connectivity index is 0.00000205. The zero-order chi connectivity index (χ0) is 27.6. The molecule has 1 aliphatic heterocycles. The third-order valence-electron chi connectivity index (χ3n) is 8.06. The van der Waals surface area contributed by atoms with Gasteiger partial charge in [-0.3, -0.25) is 9.80 Å². The number of aromatic amines is 1. The second-order valence-corrected chi connectivity index (χ2v) is 12.4. The second-order valence-electron chi connectivity index (χ2n) is 12.4. The molecule has 5 rings (SSSR count). The molecule has 3 aromatic carbocycles. The Kier molecular flexibility index (Phi) is 13.2. The molecule has 0 saturated carbocycles. The van der Waals surface area contributed by atoms with Gasteiger partial charge in [0.25, 0.3) is 0 Å². The van der Waals surface area contributed by atoms with Crippen LogP contribution in [-0.4, -0.2) is 45.9 Å². The predicted octanol–water partition coefficient (Wildman–Crippen LogP) is 9.05. The average molecular weight is 630 g/mol. The van der Waals surface area contributed by atoms with Gasteiger partial charge in [0.2, 0.25) is 0 Å². The molecule has 0 radical (unpaired) electrons. The first-order chi connectivity index (χ1) is 18.7. The van der Waals surface area contributed by atoms with Crippen molar-refractivity contribution in [3.8, 4) is 11.4 Å². The van der Waals surface area contributed by atoms with Gasteiger partial charge in [-0.1, -0.05) is 125 Å². The summed E-state index contributed by atoms with van der Waals surface area (Å²) in [6.45, 7) is 17.8. The summed E-state index contributed by atoms with van der Waals surface area (Å²) in [4.78, 5) is 14.4. The first kappa shape index (κ1) is 35.9. The number of benzene rings is 3. The molecule has 1 fully saturated rings. The van der Waals surface area contributed by atoms with Crippen molar-refractivity contribution in [2.24, 2.45) is 5.92 Å². The number of piperazine rings is 1. The van der Waals surface area contributed by atoms with E-state index in [0.717, 1.165) is 37.6 Å². The molecule has 0 aliphatic carbocycles. The minimum atomic E-state index is -0.0219. The zero-order valence-corrected chi connectivity index (χ0v) is 28.2. The molecule has 1 unspecified atom stereocenters. The fraction of sp³-hybridized carbons (Fsp3) is 0.400. The molecule has 42 heavy (non-hydrogen) atoms. The van der Waals surface area contributed by atoms with Crippen LogP contribution in [0, 0.1) is 12.8 Å². The van der Waals surface area contributed by atoms with Crippen molar-refractivity contribution in [3.63, 3.8) is 0 Å². The third kappa shape index (κ3) is 7.98. The first-order valence-electron chi connectivity index (χ1n) is 14.5. The van der Waals surface area contributed by atoms with E-state index in [1.165, 1.54) is 28.1 Å². The number of halogens is 3. The van der Waals surface area contributed by atoms with Crippen molar-refractivity contribution in [1.29, 1.82) is 0 Å². The maximum absolute atomic E-state index is 5.31. The standard InChI is InChI=1S/C35H44N4.3ClH/c1-25(2)31(30-33(35(4,5)6)37-34(36-30)29-19-17-26(3)18-20-29)38-21-23-39(24-22-38)32(27-13-9-7-10-14-27)28-15-11-8-12-16-28;;;/h7-20,25,31-32H,21-24H2,1-6H3,(H,36,37);3*1H. The van der Waals surface area contributed by atoms with Gasteiger partial charge in [0.1, 0.15) is 5.82 Å². The van der Waals surface area contributed by atoms with Crippen molar-refractivity contribution < 1.29 is 0 Å². The van der Waals surface area contributed by atoms with Gasteiger partial charge < -0.3 is 4.98 Å². The number of aryl methyl sites for hydroxylation is 1. The van der Waals surface area contributed by atoms with Crippen LogP contribution in [0.4, 0.5) is 0 Å². The largest absolute Gasteiger partial charge is 0.341 e. The van der Waals surface area contributed by atoms with Gasteiger partial charge in [0.05, 0.1) is 17.8 Å². The van der Waals surface area contributed by atoms with Crippen molar-refractivity contribution >= 4 is 37.2 Å². The lowest BCUT2D eigenvalue weighted by molar-refractivity contribution is 0.0594. The molecule has 1 aromatic heterocycles. The Bertz CT molecular complexity index is 1300. The van der Waals surface area contributed by atoms with Crippen LogP contribution >= 0.6 is 37.2 Å². The maximum atomic E-state index is 5.31. The summed E-state index contributed by atoms with van der Waals surface area (Å²) in [5, 5.41) is 0. The van der Waals surface area contributed by atoms with Gasteiger partial charge >= 0.3 is 0 Å². The number of aromatic nitrogens is 2. The van der Waals surface area contributed by atoms with Crippen LogP contribution in [0.15, 0.2) is 84.9 Å². The first-order valence-corrected chi connectivity index (χ1v) is 14.5. The lowest BCUT2D eigenvalue weighted by Gasteiger charge is -2.44. The Labute approximate surface area is 271 Å².